The van der Waals surface area contributed by atoms with Crippen LogP contribution < -0.4 is 26.1 Å². The highest BCUT2D eigenvalue weighted by Gasteiger charge is 2.32. The number of rotatable bonds is 9. The maximum Gasteiger partial charge on any atom is 0.278 e. The number of piperidine rings is 1. The van der Waals surface area contributed by atoms with Gasteiger partial charge in [0.1, 0.15) is 11.1 Å². The average Bonchev–Trinajstić information content (AvgIpc) is 3.24. The lowest BCUT2D eigenvalue weighted by molar-refractivity contribution is 0.137. The lowest BCUT2D eigenvalue weighted by Gasteiger charge is -2.44. The molecule has 0 spiro atoms. The van der Waals surface area contributed by atoms with E-state index in [1.54, 1.807) is 23.9 Å². The van der Waals surface area contributed by atoms with E-state index in [1.807, 2.05) is 32.0 Å². The monoisotopic (exact) mass is 573 g/mol. The number of aromatic nitrogens is 6. The van der Waals surface area contributed by atoms with E-state index in [0.717, 1.165) is 43.1 Å². The van der Waals surface area contributed by atoms with Gasteiger partial charge in [-0.1, -0.05) is 6.08 Å². The zero-order valence-corrected chi connectivity index (χ0v) is 25.2. The van der Waals surface area contributed by atoms with E-state index >= 15 is 0 Å². The van der Waals surface area contributed by atoms with Crippen molar-refractivity contribution in [1.82, 2.24) is 34.0 Å². The molecule has 42 heavy (non-hydrogen) atoms. The first-order valence-electron chi connectivity index (χ1n) is 14.1. The topological polar surface area (TPSA) is 115 Å². The maximum atomic E-state index is 13.3. The number of benzene rings is 1. The highest BCUT2D eigenvalue weighted by molar-refractivity contribution is 5.77. The van der Waals surface area contributed by atoms with Gasteiger partial charge in [0.25, 0.3) is 11.1 Å². The summed E-state index contributed by atoms with van der Waals surface area (Å²) in [5, 5.41) is 8.11. The highest BCUT2D eigenvalue weighted by atomic mass is 16.5. The molecule has 12 heteroatoms. The largest absolute Gasteiger partial charge is 0.495 e. The van der Waals surface area contributed by atoms with Gasteiger partial charge in [-0.3, -0.25) is 9.59 Å². The van der Waals surface area contributed by atoms with Crippen molar-refractivity contribution in [3.63, 3.8) is 0 Å². The lowest BCUT2D eigenvalue weighted by atomic mass is 9.88. The maximum absolute atomic E-state index is 13.3. The molecule has 0 radical (unpaired) electrons. The minimum Gasteiger partial charge on any atom is -0.495 e. The second-order valence-electron chi connectivity index (χ2n) is 11.4. The molecule has 0 bridgehead atoms. The van der Waals surface area contributed by atoms with Crippen LogP contribution in [0.1, 0.15) is 39.7 Å². The zero-order chi connectivity index (χ0) is 30.2. The Hall–Kier alpha value is -4.45. The van der Waals surface area contributed by atoms with Gasteiger partial charge in [-0.05, 0) is 65.9 Å². The molecule has 1 aromatic carbocycles. The summed E-state index contributed by atoms with van der Waals surface area (Å²) in [6.45, 7) is 12.0. The van der Waals surface area contributed by atoms with Crippen molar-refractivity contribution in [2.75, 3.05) is 44.5 Å². The van der Waals surface area contributed by atoms with Crippen molar-refractivity contribution in [3.8, 4) is 11.6 Å². The fourth-order valence-corrected chi connectivity index (χ4v) is 5.33. The molecule has 0 amide bonds. The van der Waals surface area contributed by atoms with Gasteiger partial charge in [0.05, 0.1) is 25.4 Å². The smallest absolute Gasteiger partial charge is 0.278 e. The van der Waals surface area contributed by atoms with Crippen molar-refractivity contribution < 1.29 is 4.74 Å². The fraction of sp³-hybridized carbons (Fsp3) is 0.433. The van der Waals surface area contributed by atoms with Gasteiger partial charge in [0, 0.05) is 42.6 Å². The molecule has 0 saturated carbocycles. The Morgan fingerprint density at radius 3 is 2.55 bits per heavy atom. The Kier molecular flexibility index (Phi) is 7.91. The average molecular weight is 574 g/mol. The number of nitrogens with zero attached hydrogens (tertiary/aromatic N) is 8. The Morgan fingerprint density at radius 1 is 1.17 bits per heavy atom. The summed E-state index contributed by atoms with van der Waals surface area (Å²) in [7, 11) is 5.96. The van der Waals surface area contributed by atoms with Gasteiger partial charge < -0.3 is 19.9 Å². The van der Waals surface area contributed by atoms with Crippen LogP contribution in [0.15, 0.2) is 58.8 Å². The number of anilines is 3. The first kappa shape index (κ1) is 29.1. The third-order valence-corrected chi connectivity index (χ3v) is 8.19. The molecule has 4 aromatic rings. The van der Waals surface area contributed by atoms with Crippen molar-refractivity contribution >= 4 is 28.4 Å². The van der Waals surface area contributed by atoms with Gasteiger partial charge in [-0.25, -0.2) is 19.0 Å². The number of allylic oxidation sites excluding steroid dienone is 1. The summed E-state index contributed by atoms with van der Waals surface area (Å²) in [6.07, 6.45) is 5.25. The number of methoxy groups -OCH3 is 1. The van der Waals surface area contributed by atoms with Crippen LogP contribution in [0.25, 0.3) is 16.9 Å². The van der Waals surface area contributed by atoms with Crippen LogP contribution in [0.2, 0.25) is 0 Å². The van der Waals surface area contributed by atoms with Crippen molar-refractivity contribution in [2.24, 2.45) is 0 Å². The third kappa shape index (κ3) is 5.29. The van der Waals surface area contributed by atoms with Crippen LogP contribution in [-0.4, -0.2) is 73.8 Å². The molecule has 1 aliphatic heterocycles. The van der Waals surface area contributed by atoms with Gasteiger partial charge >= 0.3 is 0 Å². The lowest BCUT2D eigenvalue weighted by Crippen LogP contribution is -2.50. The van der Waals surface area contributed by atoms with E-state index < -0.39 is 0 Å². The first-order valence-corrected chi connectivity index (χ1v) is 14.1. The summed E-state index contributed by atoms with van der Waals surface area (Å²) in [6, 6.07) is 8.81. The molecule has 1 fully saturated rings. The zero-order valence-electron chi connectivity index (χ0n) is 25.2. The first-order chi connectivity index (χ1) is 20.1. The molecule has 5 rings (SSSR count). The van der Waals surface area contributed by atoms with E-state index in [-0.39, 0.29) is 29.2 Å². The Morgan fingerprint density at radius 2 is 1.90 bits per heavy atom. The molecule has 4 heterocycles. The molecule has 0 aliphatic carbocycles. The van der Waals surface area contributed by atoms with Crippen LogP contribution >= 0.6 is 0 Å². The van der Waals surface area contributed by atoms with Crippen molar-refractivity contribution in [2.45, 2.75) is 51.7 Å². The Balaban J connectivity index is 1.49. The van der Waals surface area contributed by atoms with Crippen LogP contribution in [0.4, 0.5) is 17.3 Å². The van der Waals surface area contributed by atoms with Crippen LogP contribution in [0, 0.1) is 0 Å². The van der Waals surface area contributed by atoms with Crippen molar-refractivity contribution in [3.05, 3.63) is 69.9 Å². The fourth-order valence-electron chi connectivity index (χ4n) is 5.33. The summed E-state index contributed by atoms with van der Waals surface area (Å²) in [4.78, 5) is 39.5. The molecule has 222 valence electrons. The Labute approximate surface area is 244 Å². The third-order valence-electron chi connectivity index (χ3n) is 8.19. The Bertz CT molecular complexity index is 1730. The van der Waals surface area contributed by atoms with Gasteiger partial charge in [-0.2, -0.15) is 4.98 Å². The molecule has 0 atom stereocenters. The number of ether oxygens (including phenoxy) is 1. The summed E-state index contributed by atoms with van der Waals surface area (Å²) in [5.74, 6) is 1.45. The van der Waals surface area contributed by atoms with Gasteiger partial charge in [0.2, 0.25) is 5.95 Å². The number of hydrogen-bond donors (Lipinski definition) is 1. The molecule has 1 saturated heterocycles. The van der Waals surface area contributed by atoms with E-state index in [2.05, 4.69) is 52.8 Å². The summed E-state index contributed by atoms with van der Waals surface area (Å²) < 4.78 is 10.2. The molecule has 0 unspecified atom stereocenters. The van der Waals surface area contributed by atoms with Crippen LogP contribution in [0.5, 0.6) is 5.75 Å². The molecule has 3 aromatic heterocycles. The molecule has 12 nitrogen and oxygen atoms in total. The quantitative estimate of drug-likeness (QED) is 0.300. The van der Waals surface area contributed by atoms with Gasteiger partial charge in [0.15, 0.2) is 11.5 Å². The molecule has 1 N–H and O–H groups in total. The number of nitrogens with one attached hydrogen (secondary N) is 1. The van der Waals surface area contributed by atoms with E-state index in [0.29, 0.717) is 22.8 Å². The second kappa shape index (κ2) is 11.4. The van der Waals surface area contributed by atoms with E-state index in [1.165, 1.54) is 21.6 Å². The highest BCUT2D eigenvalue weighted by Crippen LogP contribution is 2.36. The summed E-state index contributed by atoms with van der Waals surface area (Å²) >= 11 is 0. The molecular weight excluding hydrogens is 534 g/mol. The van der Waals surface area contributed by atoms with Crippen LogP contribution in [-0.2, 0) is 6.54 Å². The number of fused-ring (bicyclic) bond motifs is 1. The van der Waals surface area contributed by atoms with E-state index in [4.69, 9.17) is 9.72 Å². The molecular formula is C30H39N9O3. The van der Waals surface area contributed by atoms with Crippen LogP contribution in [0.3, 0.4) is 0 Å². The minimum absolute atomic E-state index is 0.161. The predicted octanol–water partition coefficient (Wildman–Crippen LogP) is 3.58. The number of hydrogen-bond acceptors (Lipinski definition) is 9. The predicted molar refractivity (Wildman–Crippen MR) is 166 cm³/mol. The summed E-state index contributed by atoms with van der Waals surface area (Å²) in [5.41, 5.74) is 1.83. The molecule has 1 aliphatic rings. The van der Waals surface area contributed by atoms with Gasteiger partial charge in [-0.15, -0.1) is 11.7 Å². The SMILES string of the molecule is C=CCn1c(=O)c2cnc(Nc3ccc(N4CCC(C)(N(C)C)CC4)c(OC)c3)nc2n1-c1ccc(=O)n(C(C)C)n1. The van der Waals surface area contributed by atoms with Crippen molar-refractivity contribution in [1.29, 1.82) is 0 Å². The minimum atomic E-state index is -0.279. The van der Waals surface area contributed by atoms with E-state index in [9.17, 15) is 9.59 Å². The normalized spacial score (nSPS) is 15.0. The second-order valence-corrected chi connectivity index (χ2v) is 11.4. The standard InChI is InChI=1S/C30H39N9O3/c1-8-15-37-28(41)22-19-31-29(33-27(22)39(37)25-11-12-26(40)38(34-25)20(2)3)32-21-9-10-23(24(18-21)42-7)36-16-13-30(4,14-17-36)35(5)6/h8-12,18-20H,1,13-17H2,2-7H3,(H,31,32,33).